The van der Waals surface area contributed by atoms with Crippen LogP contribution in [0, 0.1) is 17.7 Å². The van der Waals surface area contributed by atoms with Crippen LogP contribution >= 0.6 is 0 Å². The highest BCUT2D eigenvalue weighted by molar-refractivity contribution is 5.40. The SMILES string of the molecule is Fc1ccc(N2CC3CNCC3C2)nc1. The van der Waals surface area contributed by atoms with Gasteiger partial charge in [0.1, 0.15) is 11.6 Å². The molecule has 15 heavy (non-hydrogen) atoms. The van der Waals surface area contributed by atoms with Crippen molar-refractivity contribution in [2.24, 2.45) is 11.8 Å². The zero-order valence-corrected chi connectivity index (χ0v) is 8.49. The van der Waals surface area contributed by atoms with Gasteiger partial charge in [0.25, 0.3) is 0 Å². The van der Waals surface area contributed by atoms with Gasteiger partial charge in [0, 0.05) is 26.2 Å². The van der Waals surface area contributed by atoms with E-state index in [1.807, 2.05) is 0 Å². The number of aromatic nitrogens is 1. The maximum atomic E-state index is 12.7. The van der Waals surface area contributed by atoms with Gasteiger partial charge in [-0.25, -0.2) is 9.37 Å². The van der Waals surface area contributed by atoms with Gasteiger partial charge in [-0.15, -0.1) is 0 Å². The molecule has 2 aliphatic rings. The fourth-order valence-electron chi connectivity index (χ4n) is 2.60. The maximum absolute atomic E-state index is 12.7. The van der Waals surface area contributed by atoms with E-state index in [0.29, 0.717) is 0 Å². The van der Waals surface area contributed by atoms with E-state index in [2.05, 4.69) is 15.2 Å². The Hall–Kier alpha value is -1.16. The van der Waals surface area contributed by atoms with Crippen LogP contribution in [-0.4, -0.2) is 31.2 Å². The van der Waals surface area contributed by atoms with Crippen molar-refractivity contribution in [1.82, 2.24) is 10.3 Å². The van der Waals surface area contributed by atoms with Crippen molar-refractivity contribution in [3.8, 4) is 0 Å². The topological polar surface area (TPSA) is 28.2 Å². The monoisotopic (exact) mass is 207 g/mol. The lowest BCUT2D eigenvalue weighted by atomic mass is 10.0. The average Bonchev–Trinajstić information content (AvgIpc) is 2.78. The number of fused-ring (bicyclic) bond motifs is 1. The Morgan fingerprint density at radius 2 is 2.00 bits per heavy atom. The summed E-state index contributed by atoms with van der Waals surface area (Å²) in [7, 11) is 0. The molecule has 1 aromatic heterocycles. The minimum atomic E-state index is -0.264. The Balaban J connectivity index is 1.76. The van der Waals surface area contributed by atoms with E-state index in [1.54, 1.807) is 6.07 Å². The fraction of sp³-hybridized carbons (Fsp3) is 0.545. The van der Waals surface area contributed by atoms with E-state index in [4.69, 9.17) is 0 Å². The number of halogens is 1. The Bertz CT molecular complexity index is 339. The summed E-state index contributed by atoms with van der Waals surface area (Å²) in [5.74, 6) is 2.14. The van der Waals surface area contributed by atoms with Gasteiger partial charge in [-0.2, -0.15) is 0 Å². The Morgan fingerprint density at radius 3 is 2.60 bits per heavy atom. The number of pyridine rings is 1. The van der Waals surface area contributed by atoms with Gasteiger partial charge in [0.05, 0.1) is 6.20 Å². The van der Waals surface area contributed by atoms with Gasteiger partial charge in [0.2, 0.25) is 0 Å². The summed E-state index contributed by atoms with van der Waals surface area (Å²) >= 11 is 0. The summed E-state index contributed by atoms with van der Waals surface area (Å²) in [6, 6.07) is 3.25. The molecule has 3 heterocycles. The molecule has 2 saturated heterocycles. The molecule has 3 rings (SSSR count). The van der Waals surface area contributed by atoms with Crippen molar-refractivity contribution < 1.29 is 4.39 Å². The number of nitrogens with zero attached hydrogens (tertiary/aromatic N) is 2. The lowest BCUT2D eigenvalue weighted by Crippen LogP contribution is -2.26. The number of hydrogen-bond donors (Lipinski definition) is 1. The summed E-state index contributed by atoms with van der Waals surface area (Å²) < 4.78 is 12.7. The molecule has 2 atom stereocenters. The van der Waals surface area contributed by atoms with Crippen LogP contribution in [0.5, 0.6) is 0 Å². The third-order valence-electron chi connectivity index (χ3n) is 3.43. The molecule has 0 bridgehead atoms. The standard InChI is InChI=1S/C11H14FN3/c12-10-1-2-11(14-5-10)15-6-8-3-13-4-9(8)7-15/h1-2,5,8-9,13H,3-4,6-7H2. The molecule has 0 aromatic carbocycles. The number of nitrogens with one attached hydrogen (secondary N) is 1. The van der Waals surface area contributed by atoms with E-state index in [1.165, 1.54) is 12.3 Å². The van der Waals surface area contributed by atoms with Gasteiger partial charge in [0.15, 0.2) is 0 Å². The Kier molecular flexibility index (Phi) is 2.09. The van der Waals surface area contributed by atoms with Crippen LogP contribution in [0.25, 0.3) is 0 Å². The third kappa shape index (κ3) is 1.59. The predicted molar refractivity (Wildman–Crippen MR) is 56.3 cm³/mol. The van der Waals surface area contributed by atoms with E-state index >= 15 is 0 Å². The van der Waals surface area contributed by atoms with Crippen LogP contribution in [0.15, 0.2) is 18.3 Å². The van der Waals surface area contributed by atoms with Gasteiger partial charge in [-0.1, -0.05) is 0 Å². The van der Waals surface area contributed by atoms with Gasteiger partial charge < -0.3 is 10.2 Å². The average molecular weight is 207 g/mol. The largest absolute Gasteiger partial charge is 0.356 e. The smallest absolute Gasteiger partial charge is 0.141 e. The second kappa shape index (κ2) is 3.45. The second-order valence-corrected chi connectivity index (χ2v) is 4.42. The molecule has 80 valence electrons. The van der Waals surface area contributed by atoms with Crippen molar-refractivity contribution in [2.75, 3.05) is 31.1 Å². The van der Waals surface area contributed by atoms with E-state index < -0.39 is 0 Å². The molecule has 0 amide bonds. The molecule has 0 aliphatic carbocycles. The van der Waals surface area contributed by atoms with Crippen LogP contribution in [0.4, 0.5) is 10.2 Å². The highest BCUT2D eigenvalue weighted by Crippen LogP contribution is 2.29. The van der Waals surface area contributed by atoms with Gasteiger partial charge >= 0.3 is 0 Å². The first kappa shape index (κ1) is 9.09. The van der Waals surface area contributed by atoms with Crippen molar-refractivity contribution in [3.05, 3.63) is 24.1 Å². The highest BCUT2D eigenvalue weighted by atomic mass is 19.1. The van der Waals surface area contributed by atoms with Crippen LogP contribution < -0.4 is 10.2 Å². The lowest BCUT2D eigenvalue weighted by Gasteiger charge is -2.18. The first-order chi connectivity index (χ1) is 7.33. The van der Waals surface area contributed by atoms with Crippen molar-refractivity contribution in [3.63, 3.8) is 0 Å². The van der Waals surface area contributed by atoms with Crippen LogP contribution in [0.3, 0.4) is 0 Å². The molecule has 2 unspecified atom stereocenters. The maximum Gasteiger partial charge on any atom is 0.141 e. The van der Waals surface area contributed by atoms with E-state index in [0.717, 1.165) is 43.8 Å². The minimum absolute atomic E-state index is 0.264. The van der Waals surface area contributed by atoms with Crippen LogP contribution in [-0.2, 0) is 0 Å². The number of rotatable bonds is 1. The van der Waals surface area contributed by atoms with Crippen LogP contribution in [0.1, 0.15) is 0 Å². The first-order valence-electron chi connectivity index (χ1n) is 5.40. The van der Waals surface area contributed by atoms with Crippen molar-refractivity contribution >= 4 is 5.82 Å². The zero-order chi connectivity index (χ0) is 10.3. The van der Waals surface area contributed by atoms with Gasteiger partial charge in [-0.05, 0) is 24.0 Å². The molecule has 0 saturated carbocycles. The number of hydrogen-bond acceptors (Lipinski definition) is 3. The summed E-state index contributed by atoms with van der Waals surface area (Å²) in [5, 5.41) is 3.40. The lowest BCUT2D eigenvalue weighted by molar-refractivity contribution is 0.533. The third-order valence-corrected chi connectivity index (χ3v) is 3.43. The Morgan fingerprint density at radius 1 is 1.27 bits per heavy atom. The van der Waals surface area contributed by atoms with E-state index in [-0.39, 0.29) is 5.82 Å². The molecule has 2 aliphatic heterocycles. The molecule has 0 radical (unpaired) electrons. The summed E-state index contributed by atoms with van der Waals surface area (Å²) in [6.45, 7) is 4.33. The van der Waals surface area contributed by atoms with Gasteiger partial charge in [-0.3, -0.25) is 0 Å². The predicted octanol–water partition coefficient (Wildman–Crippen LogP) is 0.876. The molecular formula is C11H14FN3. The summed E-state index contributed by atoms with van der Waals surface area (Å²) in [6.07, 6.45) is 1.29. The molecule has 1 N–H and O–H groups in total. The molecular weight excluding hydrogens is 193 g/mol. The molecule has 2 fully saturated rings. The summed E-state index contributed by atoms with van der Waals surface area (Å²) in [5.41, 5.74) is 0. The molecule has 3 nitrogen and oxygen atoms in total. The first-order valence-corrected chi connectivity index (χ1v) is 5.40. The Labute approximate surface area is 88.3 Å². The number of anilines is 1. The molecule has 4 heteroatoms. The second-order valence-electron chi connectivity index (χ2n) is 4.42. The quantitative estimate of drug-likeness (QED) is 0.741. The molecule has 1 aromatic rings. The van der Waals surface area contributed by atoms with Crippen molar-refractivity contribution in [1.29, 1.82) is 0 Å². The minimum Gasteiger partial charge on any atom is -0.356 e. The zero-order valence-electron chi connectivity index (χ0n) is 8.49. The normalized spacial score (nSPS) is 29.5. The van der Waals surface area contributed by atoms with Crippen LogP contribution in [0.2, 0.25) is 0 Å². The molecule has 0 spiro atoms. The van der Waals surface area contributed by atoms with Crippen molar-refractivity contribution in [2.45, 2.75) is 0 Å². The fourth-order valence-corrected chi connectivity index (χ4v) is 2.60. The van der Waals surface area contributed by atoms with E-state index in [9.17, 15) is 4.39 Å². The highest BCUT2D eigenvalue weighted by Gasteiger charge is 2.36. The summed E-state index contributed by atoms with van der Waals surface area (Å²) in [4.78, 5) is 6.38.